The highest BCUT2D eigenvalue weighted by molar-refractivity contribution is 8.00. The van der Waals surface area contributed by atoms with Crippen LogP contribution in [0.15, 0.2) is 35.8 Å². The average molecular weight is 476 g/mol. The van der Waals surface area contributed by atoms with Crippen LogP contribution < -0.4 is 4.80 Å². The van der Waals surface area contributed by atoms with E-state index in [0.717, 1.165) is 36.1 Å². The Labute approximate surface area is 196 Å². The highest BCUT2D eigenvalue weighted by atomic mass is 32.2. The molecule has 2 heterocycles. The molecule has 7 nitrogen and oxygen atoms in total. The van der Waals surface area contributed by atoms with Gasteiger partial charge in [0.15, 0.2) is 4.80 Å². The van der Waals surface area contributed by atoms with Gasteiger partial charge in [-0.2, -0.15) is 4.99 Å². The highest BCUT2D eigenvalue weighted by Crippen LogP contribution is 2.20. The average Bonchev–Trinajstić information content (AvgIpc) is 3.10. The Kier molecular flexibility index (Phi) is 8.69. The van der Waals surface area contributed by atoms with Gasteiger partial charge in [-0.25, -0.2) is 4.79 Å². The normalized spacial score (nSPS) is 15.2. The number of amides is 2. The van der Waals surface area contributed by atoms with Gasteiger partial charge in [-0.15, -0.1) is 18.3 Å². The van der Waals surface area contributed by atoms with Gasteiger partial charge in [-0.3, -0.25) is 9.59 Å². The monoisotopic (exact) mass is 475 g/mol. The number of carbonyl (C=O) groups is 3. The summed E-state index contributed by atoms with van der Waals surface area (Å²) in [6.45, 7) is 10.2. The molecular formula is C23H29N3O4S2. The summed E-state index contributed by atoms with van der Waals surface area (Å²) < 4.78 is 7.80. The molecule has 1 aliphatic rings. The number of ether oxygens (including phenoxy) is 1. The summed E-state index contributed by atoms with van der Waals surface area (Å²) in [7, 11) is 0. The molecule has 3 rings (SSSR count). The zero-order valence-corrected chi connectivity index (χ0v) is 20.2. The fourth-order valence-electron chi connectivity index (χ4n) is 3.52. The van der Waals surface area contributed by atoms with Gasteiger partial charge in [-0.05, 0) is 43.9 Å². The second-order valence-corrected chi connectivity index (χ2v) is 9.74. The zero-order chi connectivity index (χ0) is 23.1. The van der Waals surface area contributed by atoms with Crippen molar-refractivity contribution in [3.05, 3.63) is 41.2 Å². The lowest BCUT2D eigenvalue weighted by molar-refractivity contribution is -0.129. The van der Waals surface area contributed by atoms with Gasteiger partial charge >= 0.3 is 5.97 Å². The zero-order valence-electron chi connectivity index (χ0n) is 18.5. The highest BCUT2D eigenvalue weighted by Gasteiger charge is 2.20. The quantitative estimate of drug-likeness (QED) is 0.431. The first kappa shape index (κ1) is 24.3. The van der Waals surface area contributed by atoms with E-state index in [4.69, 9.17) is 4.74 Å². The molecule has 1 aliphatic heterocycles. The molecule has 0 N–H and O–H groups in total. The van der Waals surface area contributed by atoms with E-state index in [9.17, 15) is 14.4 Å². The molecule has 1 saturated heterocycles. The minimum absolute atomic E-state index is 0.0878. The third-order valence-electron chi connectivity index (χ3n) is 5.31. The summed E-state index contributed by atoms with van der Waals surface area (Å²) in [6, 6.07) is 5.30. The number of hydrogen-bond acceptors (Lipinski definition) is 6. The van der Waals surface area contributed by atoms with E-state index >= 15 is 0 Å². The Morgan fingerprint density at radius 1 is 1.28 bits per heavy atom. The van der Waals surface area contributed by atoms with Gasteiger partial charge in [-0.1, -0.05) is 24.3 Å². The van der Waals surface area contributed by atoms with E-state index in [0.29, 0.717) is 29.4 Å². The Balaban J connectivity index is 1.69. The van der Waals surface area contributed by atoms with Crippen molar-refractivity contribution in [1.29, 1.82) is 0 Å². The van der Waals surface area contributed by atoms with Crippen LogP contribution in [-0.2, 0) is 20.9 Å². The summed E-state index contributed by atoms with van der Waals surface area (Å²) >= 11 is 2.64. The first-order chi connectivity index (χ1) is 15.4. The van der Waals surface area contributed by atoms with E-state index in [1.165, 1.54) is 23.1 Å². The number of fused-ring (bicyclic) bond motifs is 1. The lowest BCUT2D eigenvalue weighted by Crippen LogP contribution is -2.39. The van der Waals surface area contributed by atoms with Crippen molar-refractivity contribution in [3.63, 3.8) is 0 Å². The molecule has 0 unspecified atom stereocenters. The molecule has 0 saturated carbocycles. The van der Waals surface area contributed by atoms with E-state index < -0.39 is 0 Å². The fraction of sp³-hybridized carbons (Fsp3) is 0.478. The van der Waals surface area contributed by atoms with Crippen LogP contribution in [0.4, 0.5) is 0 Å². The first-order valence-corrected chi connectivity index (χ1v) is 12.7. The molecule has 172 valence electrons. The van der Waals surface area contributed by atoms with Crippen molar-refractivity contribution in [2.75, 3.05) is 31.2 Å². The maximum atomic E-state index is 12.5. The van der Waals surface area contributed by atoms with Gasteiger partial charge < -0.3 is 14.2 Å². The SMILES string of the molecule is C=CCn1c(=NC(=O)CSCC(=O)N2CCC(C)CC2)sc2cc(C(=O)OCC)ccc21. The van der Waals surface area contributed by atoms with Crippen molar-refractivity contribution < 1.29 is 19.1 Å². The summed E-state index contributed by atoms with van der Waals surface area (Å²) in [5, 5.41) is 0. The van der Waals surface area contributed by atoms with Crippen LogP contribution in [0.1, 0.15) is 37.0 Å². The third-order valence-corrected chi connectivity index (χ3v) is 7.26. The number of benzene rings is 1. The number of nitrogens with zero attached hydrogens (tertiary/aromatic N) is 3. The lowest BCUT2D eigenvalue weighted by atomic mass is 9.99. The van der Waals surface area contributed by atoms with Gasteiger partial charge in [0.1, 0.15) is 0 Å². The summed E-state index contributed by atoms with van der Waals surface area (Å²) in [6.07, 6.45) is 3.82. The van der Waals surface area contributed by atoms with Crippen molar-refractivity contribution in [2.24, 2.45) is 10.9 Å². The number of carbonyl (C=O) groups excluding carboxylic acids is 3. The number of thiazole rings is 1. The Bertz CT molecular complexity index is 1060. The molecule has 9 heteroatoms. The maximum absolute atomic E-state index is 12.5. The molecular weight excluding hydrogens is 446 g/mol. The molecule has 1 fully saturated rings. The molecule has 2 aromatic rings. The molecule has 0 spiro atoms. The summed E-state index contributed by atoms with van der Waals surface area (Å²) in [4.78, 5) is 43.6. The van der Waals surface area contributed by atoms with Gasteiger partial charge in [0.05, 0.1) is 33.9 Å². The van der Waals surface area contributed by atoms with Crippen LogP contribution >= 0.6 is 23.1 Å². The number of aromatic nitrogens is 1. The number of rotatable bonds is 8. The fourth-order valence-corrected chi connectivity index (χ4v) is 5.31. The molecule has 0 aliphatic carbocycles. The lowest BCUT2D eigenvalue weighted by Gasteiger charge is -2.30. The Hall–Kier alpha value is -2.39. The van der Waals surface area contributed by atoms with Crippen LogP contribution in [0.2, 0.25) is 0 Å². The Morgan fingerprint density at radius 3 is 2.72 bits per heavy atom. The largest absolute Gasteiger partial charge is 0.462 e. The van der Waals surface area contributed by atoms with Gasteiger partial charge in [0.2, 0.25) is 5.91 Å². The van der Waals surface area contributed by atoms with E-state index in [2.05, 4.69) is 18.5 Å². The summed E-state index contributed by atoms with van der Waals surface area (Å²) in [5.74, 6) is 0.528. The number of likely N-dealkylation sites (tertiary alicyclic amines) is 1. The van der Waals surface area contributed by atoms with Crippen LogP contribution in [0.3, 0.4) is 0 Å². The van der Waals surface area contributed by atoms with Gasteiger partial charge in [0, 0.05) is 19.6 Å². The van der Waals surface area contributed by atoms with E-state index in [1.54, 1.807) is 25.1 Å². The molecule has 0 bridgehead atoms. The molecule has 0 radical (unpaired) electrons. The number of thioether (sulfide) groups is 1. The predicted molar refractivity (Wildman–Crippen MR) is 129 cm³/mol. The Morgan fingerprint density at radius 2 is 2.03 bits per heavy atom. The standard InChI is InChI=1S/C23H29N3O4S2/c1-4-10-26-18-7-6-17(22(29)30-5-2)13-19(18)32-23(26)24-20(27)14-31-15-21(28)25-11-8-16(3)9-12-25/h4,6-7,13,16H,1,5,8-12,14-15H2,2-3H3. The van der Waals surface area contributed by atoms with Crippen molar-refractivity contribution in [3.8, 4) is 0 Å². The van der Waals surface area contributed by atoms with Crippen molar-refractivity contribution >= 4 is 51.1 Å². The molecule has 1 aromatic heterocycles. The van der Waals surface area contributed by atoms with E-state index in [1.807, 2.05) is 15.5 Å². The number of hydrogen-bond donors (Lipinski definition) is 0. The third kappa shape index (κ3) is 6.10. The number of piperidine rings is 1. The maximum Gasteiger partial charge on any atom is 0.338 e. The molecule has 2 amide bonds. The second kappa shape index (κ2) is 11.5. The summed E-state index contributed by atoms with van der Waals surface area (Å²) in [5.41, 5.74) is 1.34. The topological polar surface area (TPSA) is 81.0 Å². The number of esters is 1. The minimum atomic E-state index is -0.378. The first-order valence-electron chi connectivity index (χ1n) is 10.8. The van der Waals surface area contributed by atoms with E-state index in [-0.39, 0.29) is 29.3 Å². The minimum Gasteiger partial charge on any atom is -0.462 e. The van der Waals surface area contributed by atoms with Crippen LogP contribution in [0, 0.1) is 5.92 Å². The van der Waals surface area contributed by atoms with Crippen molar-refractivity contribution in [1.82, 2.24) is 9.47 Å². The second-order valence-electron chi connectivity index (χ2n) is 7.75. The van der Waals surface area contributed by atoms with Gasteiger partial charge in [0.25, 0.3) is 5.91 Å². The number of allylic oxidation sites excluding steroid dienone is 1. The van der Waals surface area contributed by atoms with Crippen LogP contribution in [-0.4, -0.2) is 58.5 Å². The van der Waals surface area contributed by atoms with Crippen molar-refractivity contribution in [2.45, 2.75) is 33.2 Å². The smallest absolute Gasteiger partial charge is 0.338 e. The van der Waals surface area contributed by atoms with Crippen LogP contribution in [0.25, 0.3) is 10.2 Å². The van der Waals surface area contributed by atoms with Crippen LogP contribution in [0.5, 0.6) is 0 Å². The molecule has 1 aromatic carbocycles. The predicted octanol–water partition coefficient (Wildman–Crippen LogP) is 3.48. The molecule has 32 heavy (non-hydrogen) atoms. The molecule has 0 atom stereocenters.